The first-order valence-electron chi connectivity index (χ1n) is 8.48. The smallest absolute Gasteiger partial charge is 0.154 e. The molecular formula is C18H20FN5O. The second-order valence-electron chi connectivity index (χ2n) is 6.29. The van der Waals surface area contributed by atoms with E-state index in [1.807, 2.05) is 23.7 Å². The van der Waals surface area contributed by atoms with Crippen molar-refractivity contribution in [1.29, 1.82) is 0 Å². The number of aromatic nitrogens is 5. The summed E-state index contributed by atoms with van der Waals surface area (Å²) in [6.07, 6.45) is 3.58. The topological polar surface area (TPSA) is 57.8 Å². The molecule has 1 aromatic carbocycles. The van der Waals surface area contributed by atoms with E-state index in [1.54, 1.807) is 16.9 Å². The van der Waals surface area contributed by atoms with E-state index in [2.05, 4.69) is 5.10 Å². The van der Waals surface area contributed by atoms with Gasteiger partial charge in [-0.1, -0.05) is 6.07 Å². The van der Waals surface area contributed by atoms with E-state index >= 15 is 0 Å². The first kappa shape index (κ1) is 16.0. The molecule has 0 radical (unpaired) electrons. The minimum Gasteiger partial charge on any atom is -0.381 e. The van der Waals surface area contributed by atoms with Crippen LogP contribution in [0.2, 0.25) is 0 Å². The minimum absolute atomic E-state index is 0.279. The number of hydrogen-bond acceptors (Lipinski definition) is 4. The number of benzene rings is 1. The summed E-state index contributed by atoms with van der Waals surface area (Å²) < 4.78 is 22.7. The van der Waals surface area contributed by atoms with Crippen LogP contribution < -0.4 is 0 Å². The Kier molecular flexibility index (Phi) is 4.31. The molecule has 7 heteroatoms. The Bertz CT molecular complexity index is 866. The van der Waals surface area contributed by atoms with Crippen molar-refractivity contribution in [2.24, 2.45) is 0 Å². The molecule has 1 aliphatic heterocycles. The van der Waals surface area contributed by atoms with Gasteiger partial charge in [0.05, 0.1) is 5.69 Å². The molecule has 0 bridgehead atoms. The number of hydrogen-bond donors (Lipinski definition) is 0. The second-order valence-corrected chi connectivity index (χ2v) is 6.29. The van der Waals surface area contributed by atoms with Crippen molar-refractivity contribution >= 4 is 0 Å². The zero-order chi connectivity index (χ0) is 17.2. The largest absolute Gasteiger partial charge is 0.381 e. The maximum absolute atomic E-state index is 13.7. The lowest BCUT2D eigenvalue weighted by atomic mass is 10.00. The molecule has 1 fully saturated rings. The first-order valence-corrected chi connectivity index (χ1v) is 8.48. The molecule has 4 rings (SSSR count). The summed E-state index contributed by atoms with van der Waals surface area (Å²) in [5, 5.41) is 9.02. The summed E-state index contributed by atoms with van der Waals surface area (Å²) in [7, 11) is 0. The average molecular weight is 341 g/mol. The van der Waals surface area contributed by atoms with Crippen LogP contribution in [0, 0.1) is 12.7 Å². The van der Waals surface area contributed by atoms with Crippen molar-refractivity contribution < 1.29 is 9.13 Å². The van der Waals surface area contributed by atoms with Crippen LogP contribution in [0.3, 0.4) is 0 Å². The Hall–Kier alpha value is -2.54. The summed E-state index contributed by atoms with van der Waals surface area (Å²) >= 11 is 0. The van der Waals surface area contributed by atoms with Gasteiger partial charge in [-0.3, -0.25) is 4.68 Å². The monoisotopic (exact) mass is 341 g/mol. The van der Waals surface area contributed by atoms with Gasteiger partial charge in [0.2, 0.25) is 0 Å². The second kappa shape index (κ2) is 6.76. The lowest BCUT2D eigenvalue weighted by Crippen LogP contribution is -2.15. The highest BCUT2D eigenvalue weighted by molar-refractivity contribution is 5.32. The van der Waals surface area contributed by atoms with E-state index in [9.17, 15) is 4.39 Å². The molecule has 0 unspecified atom stereocenters. The van der Waals surface area contributed by atoms with Crippen molar-refractivity contribution in [3.63, 3.8) is 0 Å². The van der Waals surface area contributed by atoms with Crippen molar-refractivity contribution in [3.8, 4) is 5.69 Å². The van der Waals surface area contributed by atoms with Gasteiger partial charge in [0, 0.05) is 31.0 Å². The van der Waals surface area contributed by atoms with Gasteiger partial charge in [-0.2, -0.15) is 10.2 Å². The predicted molar refractivity (Wildman–Crippen MR) is 90.2 cm³/mol. The van der Waals surface area contributed by atoms with Crippen molar-refractivity contribution in [1.82, 2.24) is 24.5 Å². The first-order chi connectivity index (χ1) is 12.2. The fourth-order valence-electron chi connectivity index (χ4n) is 3.11. The number of rotatable bonds is 4. The molecule has 0 aliphatic carbocycles. The Balaban J connectivity index is 1.74. The van der Waals surface area contributed by atoms with Crippen molar-refractivity contribution in [3.05, 3.63) is 59.7 Å². The number of nitrogens with zero attached hydrogens (tertiary/aromatic N) is 5. The molecule has 0 N–H and O–H groups in total. The van der Waals surface area contributed by atoms with E-state index < -0.39 is 0 Å². The summed E-state index contributed by atoms with van der Waals surface area (Å²) in [6, 6.07) is 8.37. The molecule has 0 spiro atoms. The van der Waals surface area contributed by atoms with Crippen LogP contribution in [-0.4, -0.2) is 37.8 Å². The van der Waals surface area contributed by atoms with Crippen LogP contribution in [0.4, 0.5) is 4.39 Å². The lowest BCUT2D eigenvalue weighted by Gasteiger charge is -2.18. The highest BCUT2D eigenvalue weighted by Gasteiger charge is 2.23. The molecule has 3 heterocycles. The van der Waals surface area contributed by atoms with Crippen molar-refractivity contribution in [2.45, 2.75) is 32.2 Å². The van der Waals surface area contributed by atoms with Gasteiger partial charge < -0.3 is 4.74 Å². The highest BCUT2D eigenvalue weighted by atomic mass is 19.1. The minimum atomic E-state index is -0.290. The van der Waals surface area contributed by atoms with Crippen LogP contribution in [0.5, 0.6) is 0 Å². The van der Waals surface area contributed by atoms with Crippen LogP contribution in [-0.2, 0) is 11.3 Å². The lowest BCUT2D eigenvalue weighted by molar-refractivity contribution is 0.0836. The Morgan fingerprint density at radius 3 is 2.80 bits per heavy atom. The summed E-state index contributed by atoms with van der Waals surface area (Å²) in [5.74, 6) is 1.54. The summed E-state index contributed by atoms with van der Waals surface area (Å²) in [6.45, 7) is 3.94. The molecule has 0 saturated carbocycles. The average Bonchev–Trinajstić information content (AvgIpc) is 3.23. The van der Waals surface area contributed by atoms with Crippen LogP contribution in [0.15, 0.2) is 36.5 Å². The Morgan fingerprint density at radius 2 is 2.08 bits per heavy atom. The molecule has 6 nitrogen and oxygen atoms in total. The Labute approximate surface area is 145 Å². The molecule has 2 aromatic heterocycles. The quantitative estimate of drug-likeness (QED) is 0.732. The van der Waals surface area contributed by atoms with Gasteiger partial charge in [0.1, 0.15) is 12.4 Å². The van der Waals surface area contributed by atoms with E-state index in [0.717, 1.165) is 43.4 Å². The van der Waals surface area contributed by atoms with Gasteiger partial charge in [-0.25, -0.2) is 14.1 Å². The third kappa shape index (κ3) is 3.32. The zero-order valence-corrected chi connectivity index (χ0v) is 14.1. The van der Waals surface area contributed by atoms with Crippen LogP contribution >= 0.6 is 0 Å². The van der Waals surface area contributed by atoms with Gasteiger partial charge in [0.15, 0.2) is 11.6 Å². The van der Waals surface area contributed by atoms with E-state index in [4.69, 9.17) is 14.8 Å². The van der Waals surface area contributed by atoms with Crippen molar-refractivity contribution in [2.75, 3.05) is 13.2 Å². The molecular weight excluding hydrogens is 321 g/mol. The third-order valence-corrected chi connectivity index (χ3v) is 4.55. The predicted octanol–water partition coefficient (Wildman–Crippen LogP) is 2.85. The highest BCUT2D eigenvalue weighted by Crippen LogP contribution is 2.25. The zero-order valence-electron chi connectivity index (χ0n) is 14.1. The molecule has 25 heavy (non-hydrogen) atoms. The third-order valence-electron chi connectivity index (χ3n) is 4.55. The van der Waals surface area contributed by atoms with Gasteiger partial charge >= 0.3 is 0 Å². The maximum Gasteiger partial charge on any atom is 0.154 e. The van der Waals surface area contributed by atoms with E-state index in [0.29, 0.717) is 12.2 Å². The van der Waals surface area contributed by atoms with Crippen LogP contribution in [0.1, 0.15) is 36.1 Å². The molecule has 0 amide bonds. The fourth-order valence-corrected chi connectivity index (χ4v) is 3.11. The summed E-state index contributed by atoms with van der Waals surface area (Å²) in [4.78, 5) is 4.77. The summed E-state index contributed by atoms with van der Waals surface area (Å²) in [5.41, 5.74) is 1.71. The number of halogens is 1. The Morgan fingerprint density at radius 1 is 1.24 bits per heavy atom. The fraction of sp³-hybridized carbons (Fsp3) is 0.389. The maximum atomic E-state index is 13.7. The molecule has 1 saturated heterocycles. The van der Waals surface area contributed by atoms with Gasteiger partial charge in [0.25, 0.3) is 0 Å². The molecule has 3 aromatic rings. The SMILES string of the molecule is Cc1ccnn1Cc1nc(C2CCOCC2)nn1-c1cccc(F)c1. The van der Waals surface area contributed by atoms with E-state index in [1.165, 1.54) is 12.1 Å². The van der Waals surface area contributed by atoms with Crippen LogP contribution in [0.25, 0.3) is 5.69 Å². The molecule has 130 valence electrons. The van der Waals surface area contributed by atoms with E-state index in [-0.39, 0.29) is 11.7 Å². The number of aryl methyl sites for hydroxylation is 1. The normalized spacial score (nSPS) is 15.6. The molecule has 0 atom stereocenters. The van der Waals surface area contributed by atoms with Gasteiger partial charge in [-0.05, 0) is 44.0 Å². The standard InChI is InChI=1S/C18H20FN5O/c1-13-5-8-20-23(13)12-17-21-18(14-6-9-25-10-7-14)22-24(17)16-4-2-3-15(19)11-16/h2-5,8,11,14H,6-7,9-10,12H2,1H3. The molecule has 1 aliphatic rings. The number of ether oxygens (including phenoxy) is 1. The van der Waals surface area contributed by atoms with Gasteiger partial charge in [-0.15, -0.1) is 0 Å².